The van der Waals surface area contributed by atoms with Gasteiger partial charge < -0.3 is 10.2 Å². The molecule has 4 N–H and O–H groups in total. The number of rotatable bonds is 3. The molecule has 0 saturated heterocycles. The molecule has 0 heterocycles. The van der Waals surface area contributed by atoms with Crippen molar-refractivity contribution in [1.29, 1.82) is 0 Å². The van der Waals surface area contributed by atoms with Gasteiger partial charge in [0.2, 0.25) is 11.8 Å². The molecule has 0 spiro atoms. The van der Waals surface area contributed by atoms with E-state index in [9.17, 15) is 19.2 Å². The lowest BCUT2D eigenvalue weighted by molar-refractivity contribution is -0.125. The Morgan fingerprint density at radius 3 is 1.29 bits per heavy atom. The van der Waals surface area contributed by atoms with Crippen molar-refractivity contribution in [3.05, 3.63) is 0 Å². The van der Waals surface area contributed by atoms with Gasteiger partial charge in [0.1, 0.15) is 0 Å². The molecule has 0 bridgehead atoms. The lowest BCUT2D eigenvalue weighted by Gasteiger charge is -1.99. The zero-order valence-corrected chi connectivity index (χ0v) is 6.94. The van der Waals surface area contributed by atoms with Gasteiger partial charge in [0, 0.05) is 12.8 Å². The molecule has 0 aliphatic carbocycles. The molecule has 14 heavy (non-hydrogen) atoms. The van der Waals surface area contributed by atoms with E-state index in [1.807, 2.05) is 0 Å². The van der Waals surface area contributed by atoms with Crippen molar-refractivity contribution >= 4 is 24.0 Å². The second-order valence-corrected chi connectivity index (χ2v) is 2.21. The molecule has 0 saturated carbocycles. The van der Waals surface area contributed by atoms with Crippen molar-refractivity contribution < 1.29 is 29.4 Å². The maximum absolute atomic E-state index is 10.6. The summed E-state index contributed by atoms with van der Waals surface area (Å²) in [5, 5.41) is 19.1. The molecule has 0 radical (unpaired) electrons. The van der Waals surface area contributed by atoms with Crippen LogP contribution in [0.15, 0.2) is 0 Å². The number of hydrogen-bond donors (Lipinski definition) is 4. The normalized spacial score (nSPS) is 8.86. The van der Waals surface area contributed by atoms with Gasteiger partial charge in [-0.05, 0) is 0 Å². The highest BCUT2D eigenvalue weighted by Gasteiger charge is 2.10. The molecular weight excluding hydrogens is 196 g/mol. The van der Waals surface area contributed by atoms with E-state index in [1.165, 1.54) is 10.6 Å². The third-order valence-corrected chi connectivity index (χ3v) is 1.07. The predicted molar refractivity (Wildman–Crippen MR) is 41.6 cm³/mol. The summed E-state index contributed by atoms with van der Waals surface area (Å²) < 4.78 is 0. The first kappa shape index (κ1) is 11.9. The fourth-order valence-corrected chi connectivity index (χ4v) is 0.591. The maximum Gasteiger partial charge on any atom is 0.411 e. The molecule has 0 aromatic rings. The summed E-state index contributed by atoms with van der Waals surface area (Å²) in [5.41, 5.74) is 0. The molecule has 0 rings (SSSR count). The maximum atomic E-state index is 10.6. The van der Waals surface area contributed by atoms with Crippen molar-refractivity contribution in [3.8, 4) is 0 Å². The van der Waals surface area contributed by atoms with E-state index < -0.39 is 24.0 Å². The Kier molecular flexibility index (Phi) is 4.68. The molecule has 8 nitrogen and oxygen atoms in total. The fourth-order valence-electron chi connectivity index (χ4n) is 0.591. The smallest absolute Gasteiger partial charge is 0.411 e. The number of carboxylic acid groups (broad SMARTS) is 2. The van der Waals surface area contributed by atoms with E-state index in [0.29, 0.717) is 0 Å². The van der Waals surface area contributed by atoms with Crippen LogP contribution in [0.2, 0.25) is 0 Å². The van der Waals surface area contributed by atoms with Crippen molar-refractivity contribution in [1.82, 2.24) is 10.6 Å². The number of imide groups is 2. The number of hydrogen-bond acceptors (Lipinski definition) is 4. The average Bonchev–Trinajstić information content (AvgIpc) is 1.98. The highest BCUT2D eigenvalue weighted by atomic mass is 16.4. The van der Waals surface area contributed by atoms with Gasteiger partial charge in [0.15, 0.2) is 0 Å². The number of carbonyl (C=O) groups excluding carboxylic acids is 2. The van der Waals surface area contributed by atoms with Crippen molar-refractivity contribution in [2.45, 2.75) is 12.8 Å². The molecule has 4 amide bonds. The molecule has 0 aromatic carbocycles. The van der Waals surface area contributed by atoms with Crippen LogP contribution in [0.1, 0.15) is 12.8 Å². The van der Waals surface area contributed by atoms with Crippen LogP contribution in [0.3, 0.4) is 0 Å². The second-order valence-electron chi connectivity index (χ2n) is 2.21. The highest BCUT2D eigenvalue weighted by molar-refractivity contribution is 5.95. The largest absolute Gasteiger partial charge is 0.465 e. The molecule has 0 aliphatic heterocycles. The number of carbonyl (C=O) groups is 4. The van der Waals surface area contributed by atoms with Crippen molar-refractivity contribution in [3.63, 3.8) is 0 Å². The monoisotopic (exact) mass is 204 g/mol. The summed E-state index contributed by atoms with van der Waals surface area (Å²) >= 11 is 0. The van der Waals surface area contributed by atoms with Gasteiger partial charge >= 0.3 is 12.2 Å². The van der Waals surface area contributed by atoms with Crippen LogP contribution in [-0.4, -0.2) is 34.2 Å². The molecule has 0 fully saturated rings. The Labute approximate surface area is 77.9 Å². The molecular formula is C6H8N2O6. The number of nitrogens with one attached hydrogen (secondary N) is 2. The van der Waals surface area contributed by atoms with Crippen LogP contribution in [0.25, 0.3) is 0 Å². The van der Waals surface area contributed by atoms with Crippen LogP contribution in [0.5, 0.6) is 0 Å². The first-order valence-electron chi connectivity index (χ1n) is 3.47. The lowest BCUT2D eigenvalue weighted by Crippen LogP contribution is -2.32. The van der Waals surface area contributed by atoms with Crippen LogP contribution in [0, 0.1) is 0 Å². The van der Waals surface area contributed by atoms with E-state index in [2.05, 4.69) is 0 Å². The van der Waals surface area contributed by atoms with Gasteiger partial charge in [-0.2, -0.15) is 0 Å². The van der Waals surface area contributed by atoms with Gasteiger partial charge in [-0.1, -0.05) is 0 Å². The van der Waals surface area contributed by atoms with Crippen LogP contribution < -0.4 is 10.6 Å². The Hall–Kier alpha value is -2.12. The Morgan fingerprint density at radius 2 is 1.07 bits per heavy atom. The fraction of sp³-hybridized carbons (Fsp3) is 0.333. The summed E-state index contributed by atoms with van der Waals surface area (Å²) in [7, 11) is 0. The van der Waals surface area contributed by atoms with Gasteiger partial charge in [0.25, 0.3) is 0 Å². The third-order valence-electron chi connectivity index (χ3n) is 1.07. The second kappa shape index (κ2) is 5.51. The Morgan fingerprint density at radius 1 is 0.786 bits per heavy atom. The van der Waals surface area contributed by atoms with E-state index in [0.717, 1.165) is 0 Å². The van der Waals surface area contributed by atoms with E-state index in [1.54, 1.807) is 0 Å². The van der Waals surface area contributed by atoms with Gasteiger partial charge in [-0.3, -0.25) is 20.2 Å². The van der Waals surface area contributed by atoms with Crippen molar-refractivity contribution in [2.24, 2.45) is 0 Å². The van der Waals surface area contributed by atoms with Crippen LogP contribution in [0.4, 0.5) is 9.59 Å². The van der Waals surface area contributed by atoms with Crippen molar-refractivity contribution in [2.75, 3.05) is 0 Å². The minimum atomic E-state index is -1.52. The highest BCUT2D eigenvalue weighted by Crippen LogP contribution is 1.88. The lowest BCUT2D eigenvalue weighted by atomic mass is 10.3. The van der Waals surface area contributed by atoms with Gasteiger partial charge in [0.05, 0.1) is 0 Å². The summed E-state index contributed by atoms with van der Waals surface area (Å²) in [6.07, 6.45) is -3.81. The molecule has 8 heteroatoms. The quantitative estimate of drug-likeness (QED) is 0.483. The average molecular weight is 204 g/mol. The van der Waals surface area contributed by atoms with E-state index >= 15 is 0 Å². The minimum Gasteiger partial charge on any atom is -0.465 e. The summed E-state index contributed by atoms with van der Waals surface area (Å²) in [4.78, 5) is 41.1. The third kappa shape index (κ3) is 6.58. The van der Waals surface area contributed by atoms with E-state index in [4.69, 9.17) is 10.2 Å². The summed E-state index contributed by atoms with van der Waals surface area (Å²) in [6.45, 7) is 0. The van der Waals surface area contributed by atoms with E-state index in [-0.39, 0.29) is 12.8 Å². The molecule has 0 aromatic heterocycles. The van der Waals surface area contributed by atoms with Gasteiger partial charge in [-0.25, -0.2) is 9.59 Å². The summed E-state index contributed by atoms with van der Waals surface area (Å²) in [5.74, 6) is -1.73. The molecule has 0 aliphatic rings. The Balaban J connectivity index is 3.72. The topological polar surface area (TPSA) is 133 Å². The van der Waals surface area contributed by atoms with Gasteiger partial charge in [-0.15, -0.1) is 0 Å². The molecule has 78 valence electrons. The standard InChI is InChI=1S/C6H8N2O6/c9-3(7-5(11)12)1-2-4(10)8-6(13)14/h1-2H2,(H,7,9)(H,8,10)(H,11,12)(H,13,14). The summed E-state index contributed by atoms with van der Waals surface area (Å²) in [6, 6.07) is 0. The first-order chi connectivity index (χ1) is 6.41. The van der Waals surface area contributed by atoms with Crippen LogP contribution >= 0.6 is 0 Å². The Bertz CT molecular complexity index is 245. The zero-order chi connectivity index (χ0) is 11.1. The number of amides is 4. The van der Waals surface area contributed by atoms with Crippen LogP contribution in [-0.2, 0) is 9.59 Å². The first-order valence-corrected chi connectivity index (χ1v) is 3.47. The SMILES string of the molecule is O=C(O)NC(=O)CCC(=O)NC(=O)O. The molecule has 0 unspecified atom stereocenters. The minimum absolute atomic E-state index is 0.384. The zero-order valence-electron chi connectivity index (χ0n) is 6.94. The molecule has 0 atom stereocenters. The predicted octanol–water partition coefficient (Wildman–Crippen LogP) is -0.645.